The molecule has 1 amide bonds. The molecule has 0 aliphatic heterocycles. The van der Waals surface area contributed by atoms with Gasteiger partial charge in [-0.05, 0) is 36.2 Å². The average Bonchev–Trinajstić information content (AvgIpc) is 2.60. The van der Waals surface area contributed by atoms with E-state index in [0.29, 0.717) is 17.9 Å². The second kappa shape index (κ2) is 8.58. The largest absolute Gasteiger partial charge is 0.497 e. The van der Waals surface area contributed by atoms with Crippen LogP contribution in [0.4, 0.5) is 5.69 Å². The van der Waals surface area contributed by atoms with Crippen LogP contribution in [0, 0.1) is 0 Å². The van der Waals surface area contributed by atoms with Crippen LogP contribution >= 0.6 is 0 Å². The standard InChI is InChI=1S/C18H19NO4/c1-22-16-10-8-15(9-11-16)19-17(20)13-23-18(21)12-7-14-5-3-2-4-6-14/h2-6,8-11H,7,12-13H2,1H3,(H,19,20). The molecule has 2 aromatic carbocycles. The molecule has 120 valence electrons. The lowest BCUT2D eigenvalue weighted by Crippen LogP contribution is -2.21. The maximum absolute atomic E-state index is 11.7. The summed E-state index contributed by atoms with van der Waals surface area (Å²) >= 11 is 0. The molecule has 0 atom stereocenters. The first-order chi connectivity index (χ1) is 11.2. The molecular weight excluding hydrogens is 294 g/mol. The molecule has 0 aromatic heterocycles. The molecule has 0 unspecified atom stereocenters. The van der Waals surface area contributed by atoms with E-state index in [2.05, 4.69) is 5.32 Å². The Morgan fingerprint density at radius 2 is 1.70 bits per heavy atom. The number of benzene rings is 2. The third kappa shape index (κ3) is 5.82. The zero-order valence-corrected chi connectivity index (χ0v) is 13.0. The first-order valence-electron chi connectivity index (χ1n) is 7.31. The van der Waals surface area contributed by atoms with E-state index in [1.54, 1.807) is 31.4 Å². The predicted molar refractivity (Wildman–Crippen MR) is 87.3 cm³/mol. The lowest BCUT2D eigenvalue weighted by atomic mass is 10.1. The molecule has 0 bridgehead atoms. The zero-order valence-electron chi connectivity index (χ0n) is 13.0. The van der Waals surface area contributed by atoms with Gasteiger partial charge in [-0.25, -0.2) is 0 Å². The summed E-state index contributed by atoms with van der Waals surface area (Å²) in [6.07, 6.45) is 0.847. The Morgan fingerprint density at radius 3 is 2.35 bits per heavy atom. The van der Waals surface area contributed by atoms with Gasteiger partial charge in [0, 0.05) is 12.1 Å². The van der Waals surface area contributed by atoms with Crippen molar-refractivity contribution < 1.29 is 19.1 Å². The Balaban J connectivity index is 1.69. The number of aryl methyl sites for hydroxylation is 1. The molecule has 0 aliphatic rings. The average molecular weight is 313 g/mol. The van der Waals surface area contributed by atoms with E-state index in [1.165, 1.54) is 0 Å². The molecule has 0 spiro atoms. The summed E-state index contributed by atoms with van der Waals surface area (Å²) in [6, 6.07) is 16.6. The van der Waals surface area contributed by atoms with Gasteiger partial charge in [0.1, 0.15) is 5.75 Å². The summed E-state index contributed by atoms with van der Waals surface area (Å²) in [5.74, 6) is -0.0581. The van der Waals surface area contributed by atoms with Gasteiger partial charge in [-0.15, -0.1) is 0 Å². The Morgan fingerprint density at radius 1 is 1.00 bits per heavy atom. The van der Waals surface area contributed by atoms with Crippen LogP contribution in [0.15, 0.2) is 54.6 Å². The fourth-order valence-corrected chi connectivity index (χ4v) is 1.98. The van der Waals surface area contributed by atoms with E-state index < -0.39 is 5.97 Å². The van der Waals surface area contributed by atoms with Crippen molar-refractivity contribution in [3.8, 4) is 5.75 Å². The van der Waals surface area contributed by atoms with Crippen LogP contribution in [0.1, 0.15) is 12.0 Å². The van der Waals surface area contributed by atoms with Gasteiger partial charge in [-0.1, -0.05) is 30.3 Å². The normalized spacial score (nSPS) is 9.96. The fourth-order valence-electron chi connectivity index (χ4n) is 1.98. The maximum atomic E-state index is 11.7. The molecule has 0 heterocycles. The summed E-state index contributed by atoms with van der Waals surface area (Å²) < 4.78 is 10.0. The van der Waals surface area contributed by atoms with Crippen molar-refractivity contribution in [2.75, 3.05) is 19.0 Å². The molecular formula is C18H19NO4. The van der Waals surface area contributed by atoms with Crippen molar-refractivity contribution in [1.29, 1.82) is 0 Å². The highest BCUT2D eigenvalue weighted by Gasteiger charge is 2.08. The third-order valence-electron chi connectivity index (χ3n) is 3.20. The van der Waals surface area contributed by atoms with Crippen molar-refractivity contribution in [2.45, 2.75) is 12.8 Å². The van der Waals surface area contributed by atoms with Gasteiger partial charge in [0.05, 0.1) is 7.11 Å². The summed E-state index contributed by atoms with van der Waals surface area (Å²) in [5, 5.41) is 2.65. The number of anilines is 1. The lowest BCUT2D eigenvalue weighted by Gasteiger charge is -2.07. The SMILES string of the molecule is COc1ccc(NC(=O)COC(=O)CCc2ccccc2)cc1. The quantitative estimate of drug-likeness (QED) is 0.798. The molecule has 0 aliphatic carbocycles. The zero-order chi connectivity index (χ0) is 16.5. The number of hydrogen-bond donors (Lipinski definition) is 1. The summed E-state index contributed by atoms with van der Waals surface area (Å²) in [5.41, 5.74) is 1.68. The van der Waals surface area contributed by atoms with Crippen molar-refractivity contribution in [3.05, 3.63) is 60.2 Å². The van der Waals surface area contributed by atoms with Crippen molar-refractivity contribution >= 4 is 17.6 Å². The number of esters is 1. The van der Waals surface area contributed by atoms with Crippen molar-refractivity contribution in [2.24, 2.45) is 0 Å². The highest BCUT2D eigenvalue weighted by atomic mass is 16.5. The number of rotatable bonds is 7. The van der Waals surface area contributed by atoms with Crippen LogP contribution in [0.25, 0.3) is 0 Å². The monoisotopic (exact) mass is 313 g/mol. The number of carbonyl (C=O) groups excluding carboxylic acids is 2. The van der Waals surface area contributed by atoms with Crippen LogP contribution in [0.5, 0.6) is 5.75 Å². The van der Waals surface area contributed by atoms with E-state index in [4.69, 9.17) is 9.47 Å². The van der Waals surface area contributed by atoms with Gasteiger partial charge < -0.3 is 14.8 Å². The molecule has 5 heteroatoms. The first-order valence-corrected chi connectivity index (χ1v) is 7.31. The van der Waals surface area contributed by atoms with Gasteiger partial charge in [-0.2, -0.15) is 0 Å². The minimum Gasteiger partial charge on any atom is -0.497 e. The van der Waals surface area contributed by atoms with E-state index in [1.807, 2.05) is 30.3 Å². The molecule has 0 radical (unpaired) electrons. The van der Waals surface area contributed by atoms with Gasteiger partial charge >= 0.3 is 5.97 Å². The summed E-state index contributed by atoms with van der Waals surface area (Å²) in [6.45, 7) is -0.292. The minimum absolute atomic E-state index is 0.250. The van der Waals surface area contributed by atoms with Crippen LogP contribution in [-0.2, 0) is 20.7 Å². The van der Waals surface area contributed by atoms with Gasteiger partial charge in [0.2, 0.25) is 0 Å². The Hall–Kier alpha value is -2.82. The first kappa shape index (κ1) is 16.5. The number of amides is 1. The second-order valence-corrected chi connectivity index (χ2v) is 4.92. The third-order valence-corrected chi connectivity index (χ3v) is 3.20. The van der Waals surface area contributed by atoms with E-state index in [0.717, 1.165) is 5.56 Å². The topological polar surface area (TPSA) is 64.6 Å². The number of nitrogens with one attached hydrogen (secondary N) is 1. The van der Waals surface area contributed by atoms with E-state index >= 15 is 0 Å². The van der Waals surface area contributed by atoms with Crippen molar-refractivity contribution in [3.63, 3.8) is 0 Å². The predicted octanol–water partition coefficient (Wildman–Crippen LogP) is 2.81. The highest BCUT2D eigenvalue weighted by molar-refractivity contribution is 5.92. The minimum atomic E-state index is -0.390. The smallest absolute Gasteiger partial charge is 0.306 e. The fraction of sp³-hybridized carbons (Fsp3) is 0.222. The van der Waals surface area contributed by atoms with Crippen LogP contribution in [-0.4, -0.2) is 25.6 Å². The molecule has 2 aromatic rings. The molecule has 5 nitrogen and oxygen atoms in total. The summed E-state index contributed by atoms with van der Waals surface area (Å²) in [7, 11) is 1.57. The van der Waals surface area contributed by atoms with Crippen LogP contribution in [0.2, 0.25) is 0 Å². The van der Waals surface area contributed by atoms with E-state index in [9.17, 15) is 9.59 Å². The highest BCUT2D eigenvalue weighted by Crippen LogP contribution is 2.14. The summed E-state index contributed by atoms with van der Waals surface area (Å²) in [4.78, 5) is 23.4. The van der Waals surface area contributed by atoms with Crippen LogP contribution < -0.4 is 10.1 Å². The Kier molecular flexibility index (Phi) is 6.17. The molecule has 2 rings (SSSR count). The van der Waals surface area contributed by atoms with Gasteiger partial charge in [-0.3, -0.25) is 9.59 Å². The molecule has 0 saturated carbocycles. The molecule has 1 N–H and O–H groups in total. The van der Waals surface area contributed by atoms with E-state index in [-0.39, 0.29) is 18.9 Å². The Labute approximate surface area is 135 Å². The molecule has 0 fully saturated rings. The lowest BCUT2D eigenvalue weighted by molar-refractivity contribution is -0.147. The maximum Gasteiger partial charge on any atom is 0.306 e. The van der Waals surface area contributed by atoms with Gasteiger partial charge in [0.15, 0.2) is 6.61 Å². The Bertz CT molecular complexity index is 638. The number of methoxy groups -OCH3 is 1. The van der Waals surface area contributed by atoms with Crippen molar-refractivity contribution in [1.82, 2.24) is 0 Å². The van der Waals surface area contributed by atoms with Crippen LogP contribution in [0.3, 0.4) is 0 Å². The second-order valence-electron chi connectivity index (χ2n) is 4.92. The number of carbonyl (C=O) groups is 2. The molecule has 0 saturated heterocycles. The number of hydrogen-bond acceptors (Lipinski definition) is 4. The number of ether oxygens (including phenoxy) is 2. The molecule has 23 heavy (non-hydrogen) atoms. The van der Waals surface area contributed by atoms with Gasteiger partial charge in [0.25, 0.3) is 5.91 Å².